The predicted octanol–water partition coefficient (Wildman–Crippen LogP) is 3.32. The number of aryl methyl sites for hydroxylation is 1. The van der Waals surface area contributed by atoms with E-state index in [-0.39, 0.29) is 12.7 Å². The van der Waals surface area contributed by atoms with Crippen LogP contribution in [-0.4, -0.2) is 19.2 Å². The van der Waals surface area contributed by atoms with Crippen molar-refractivity contribution in [3.8, 4) is 11.5 Å². The quantitative estimate of drug-likeness (QED) is 0.869. The molecule has 2 aromatic rings. The van der Waals surface area contributed by atoms with Gasteiger partial charge < -0.3 is 14.4 Å². The van der Waals surface area contributed by atoms with E-state index in [0.29, 0.717) is 18.7 Å². The van der Waals surface area contributed by atoms with E-state index in [1.165, 1.54) is 0 Å². The van der Waals surface area contributed by atoms with Gasteiger partial charge in [0.1, 0.15) is 0 Å². The van der Waals surface area contributed by atoms with Crippen molar-refractivity contribution in [2.75, 3.05) is 18.2 Å². The average Bonchev–Trinajstić information content (AvgIpc) is 2.95. The van der Waals surface area contributed by atoms with E-state index in [4.69, 9.17) is 9.47 Å². The number of carbonyl (C=O) groups excluding carboxylic acids is 1. The minimum Gasteiger partial charge on any atom is -0.454 e. The summed E-state index contributed by atoms with van der Waals surface area (Å²) in [6.45, 7) is 4.91. The lowest BCUT2D eigenvalue weighted by Gasteiger charge is -2.21. The Morgan fingerprint density at radius 1 is 1.14 bits per heavy atom. The number of fused-ring (bicyclic) bond motifs is 1. The summed E-state index contributed by atoms with van der Waals surface area (Å²) in [5, 5.41) is 0. The Hall–Kier alpha value is -2.49. The molecule has 0 saturated carbocycles. The second-order valence-electron chi connectivity index (χ2n) is 5.34. The number of hydrogen-bond donors (Lipinski definition) is 0. The van der Waals surface area contributed by atoms with Gasteiger partial charge in [0, 0.05) is 12.2 Å². The van der Waals surface area contributed by atoms with Gasteiger partial charge in [0.15, 0.2) is 11.5 Å². The first-order chi connectivity index (χ1) is 10.7. The van der Waals surface area contributed by atoms with Crippen LogP contribution in [0.25, 0.3) is 0 Å². The fourth-order valence-electron chi connectivity index (χ4n) is 2.62. The van der Waals surface area contributed by atoms with Crippen molar-refractivity contribution >= 4 is 11.6 Å². The molecule has 0 aromatic heterocycles. The second-order valence-corrected chi connectivity index (χ2v) is 5.34. The van der Waals surface area contributed by atoms with Crippen LogP contribution >= 0.6 is 0 Å². The topological polar surface area (TPSA) is 38.8 Å². The van der Waals surface area contributed by atoms with E-state index < -0.39 is 0 Å². The zero-order chi connectivity index (χ0) is 15.5. The molecule has 1 heterocycles. The van der Waals surface area contributed by atoms with Crippen LogP contribution in [0.3, 0.4) is 0 Å². The Labute approximate surface area is 130 Å². The van der Waals surface area contributed by atoms with Crippen molar-refractivity contribution in [2.24, 2.45) is 0 Å². The van der Waals surface area contributed by atoms with Crippen molar-refractivity contribution in [2.45, 2.75) is 20.3 Å². The van der Waals surface area contributed by atoms with Crippen LogP contribution in [-0.2, 0) is 11.2 Å². The Balaban J connectivity index is 1.77. The molecule has 1 aliphatic heterocycles. The normalized spacial score (nSPS) is 12.3. The highest BCUT2D eigenvalue weighted by atomic mass is 16.7. The molecule has 0 unspecified atom stereocenters. The Bertz CT molecular complexity index is 696. The first-order valence-corrected chi connectivity index (χ1v) is 7.43. The molecular formula is C18H19NO3. The van der Waals surface area contributed by atoms with Gasteiger partial charge in [-0.2, -0.15) is 0 Å². The molecule has 0 aliphatic carbocycles. The zero-order valence-electron chi connectivity index (χ0n) is 12.8. The number of hydrogen-bond acceptors (Lipinski definition) is 3. The number of anilines is 1. The first kappa shape index (κ1) is 14.4. The third-order valence-corrected chi connectivity index (χ3v) is 3.72. The van der Waals surface area contributed by atoms with Gasteiger partial charge in [-0.3, -0.25) is 4.79 Å². The van der Waals surface area contributed by atoms with Crippen LogP contribution in [0.2, 0.25) is 0 Å². The van der Waals surface area contributed by atoms with Crippen molar-refractivity contribution in [1.82, 2.24) is 0 Å². The maximum atomic E-state index is 12.6. The van der Waals surface area contributed by atoms with Gasteiger partial charge in [-0.05, 0) is 49.2 Å². The smallest absolute Gasteiger partial charge is 0.231 e. The SMILES string of the molecule is CCN(C(=O)Cc1ccc2c(c1)OCO2)c1cccc(C)c1. The van der Waals surface area contributed by atoms with E-state index in [1.807, 2.05) is 56.3 Å². The van der Waals surface area contributed by atoms with Gasteiger partial charge >= 0.3 is 0 Å². The minimum absolute atomic E-state index is 0.0759. The molecule has 4 heteroatoms. The fraction of sp³-hybridized carbons (Fsp3) is 0.278. The summed E-state index contributed by atoms with van der Waals surface area (Å²) < 4.78 is 10.7. The molecule has 0 N–H and O–H groups in total. The van der Waals surface area contributed by atoms with Crippen LogP contribution in [0.1, 0.15) is 18.1 Å². The number of likely N-dealkylation sites (N-methyl/N-ethyl adjacent to an activating group) is 1. The summed E-state index contributed by atoms with van der Waals surface area (Å²) in [6.07, 6.45) is 0.346. The summed E-state index contributed by atoms with van der Waals surface area (Å²) in [4.78, 5) is 14.4. The van der Waals surface area contributed by atoms with E-state index in [9.17, 15) is 4.79 Å². The molecule has 0 spiro atoms. The van der Waals surface area contributed by atoms with Crippen molar-refractivity contribution in [1.29, 1.82) is 0 Å². The van der Waals surface area contributed by atoms with Crippen molar-refractivity contribution in [3.05, 3.63) is 53.6 Å². The van der Waals surface area contributed by atoms with E-state index in [2.05, 4.69) is 0 Å². The minimum atomic E-state index is 0.0759. The lowest BCUT2D eigenvalue weighted by Crippen LogP contribution is -2.32. The molecule has 114 valence electrons. The van der Waals surface area contributed by atoms with E-state index in [1.54, 1.807) is 4.90 Å². The molecule has 22 heavy (non-hydrogen) atoms. The molecule has 1 amide bonds. The van der Waals surface area contributed by atoms with Crippen LogP contribution in [0.15, 0.2) is 42.5 Å². The number of amides is 1. The number of nitrogens with zero attached hydrogens (tertiary/aromatic N) is 1. The summed E-state index contributed by atoms with van der Waals surface area (Å²) >= 11 is 0. The number of rotatable bonds is 4. The van der Waals surface area contributed by atoms with E-state index in [0.717, 1.165) is 22.6 Å². The standard InChI is InChI=1S/C18H19NO3/c1-3-19(15-6-4-5-13(2)9-15)18(20)11-14-7-8-16-17(10-14)22-12-21-16/h4-10H,3,11-12H2,1-2H3. The van der Waals surface area contributed by atoms with Gasteiger partial charge in [-0.15, -0.1) is 0 Å². The van der Waals surface area contributed by atoms with Crippen LogP contribution in [0.5, 0.6) is 11.5 Å². The molecular weight excluding hydrogens is 278 g/mol. The molecule has 1 aliphatic rings. The third-order valence-electron chi connectivity index (χ3n) is 3.72. The van der Waals surface area contributed by atoms with Crippen LogP contribution < -0.4 is 14.4 Å². The Kier molecular flexibility index (Phi) is 4.00. The molecule has 2 aromatic carbocycles. The summed E-state index contributed by atoms with van der Waals surface area (Å²) in [6, 6.07) is 13.6. The highest BCUT2D eigenvalue weighted by molar-refractivity contribution is 5.94. The number of carbonyl (C=O) groups is 1. The number of benzene rings is 2. The zero-order valence-corrected chi connectivity index (χ0v) is 12.8. The largest absolute Gasteiger partial charge is 0.454 e. The average molecular weight is 297 g/mol. The molecule has 0 fully saturated rings. The third kappa shape index (κ3) is 2.91. The summed E-state index contributed by atoms with van der Waals surface area (Å²) in [7, 11) is 0. The second kappa shape index (κ2) is 6.10. The maximum Gasteiger partial charge on any atom is 0.231 e. The molecule has 0 bridgehead atoms. The molecule has 4 nitrogen and oxygen atoms in total. The van der Waals surface area contributed by atoms with Crippen LogP contribution in [0.4, 0.5) is 5.69 Å². The first-order valence-electron chi connectivity index (χ1n) is 7.43. The predicted molar refractivity (Wildman–Crippen MR) is 85.5 cm³/mol. The molecule has 3 rings (SSSR count). The van der Waals surface area contributed by atoms with Crippen molar-refractivity contribution < 1.29 is 14.3 Å². The maximum absolute atomic E-state index is 12.6. The Morgan fingerprint density at radius 2 is 1.95 bits per heavy atom. The summed E-state index contributed by atoms with van der Waals surface area (Å²) in [5.41, 5.74) is 3.01. The van der Waals surface area contributed by atoms with Gasteiger partial charge in [0.05, 0.1) is 6.42 Å². The lowest BCUT2D eigenvalue weighted by atomic mass is 10.1. The highest BCUT2D eigenvalue weighted by Crippen LogP contribution is 2.32. The van der Waals surface area contributed by atoms with Gasteiger partial charge in [0.2, 0.25) is 12.7 Å². The van der Waals surface area contributed by atoms with Gasteiger partial charge in [-0.1, -0.05) is 18.2 Å². The summed E-state index contributed by atoms with van der Waals surface area (Å²) in [5.74, 6) is 1.53. The molecule has 0 saturated heterocycles. The highest BCUT2D eigenvalue weighted by Gasteiger charge is 2.18. The number of ether oxygens (including phenoxy) is 2. The van der Waals surface area contributed by atoms with Gasteiger partial charge in [0.25, 0.3) is 0 Å². The van der Waals surface area contributed by atoms with Crippen LogP contribution in [0, 0.1) is 6.92 Å². The Morgan fingerprint density at radius 3 is 2.73 bits per heavy atom. The monoisotopic (exact) mass is 297 g/mol. The molecule has 0 atom stereocenters. The lowest BCUT2D eigenvalue weighted by molar-refractivity contribution is -0.117. The van der Waals surface area contributed by atoms with Crippen molar-refractivity contribution in [3.63, 3.8) is 0 Å². The fourth-order valence-corrected chi connectivity index (χ4v) is 2.62. The molecule has 0 radical (unpaired) electrons. The van der Waals surface area contributed by atoms with E-state index >= 15 is 0 Å². The van der Waals surface area contributed by atoms with Gasteiger partial charge in [-0.25, -0.2) is 0 Å².